The summed E-state index contributed by atoms with van der Waals surface area (Å²) in [6, 6.07) is 0. The Hall–Kier alpha value is -0.610. The average Bonchev–Trinajstić information content (AvgIpc) is 2.09. The zero-order chi connectivity index (χ0) is 9.90. The smallest absolute Gasteiger partial charge is 0.303 e. The van der Waals surface area contributed by atoms with Crippen molar-refractivity contribution in [1.82, 2.24) is 0 Å². The lowest BCUT2D eigenvalue weighted by Gasteiger charge is -2.38. The van der Waals surface area contributed by atoms with Crippen LogP contribution in [0.15, 0.2) is 0 Å². The number of hydrogen-bond acceptors (Lipinski definition) is 3. The van der Waals surface area contributed by atoms with Gasteiger partial charge in [-0.2, -0.15) is 0 Å². The van der Waals surface area contributed by atoms with Gasteiger partial charge in [0.15, 0.2) is 0 Å². The number of nitrogens with two attached hydrogens (primary N) is 1. The van der Waals surface area contributed by atoms with Crippen LogP contribution in [0.2, 0.25) is 0 Å². The SMILES string of the molecule is NCC1(O)CCCCC1CC(=O)O. The summed E-state index contributed by atoms with van der Waals surface area (Å²) in [4.78, 5) is 10.5. The summed E-state index contributed by atoms with van der Waals surface area (Å²) in [6.45, 7) is 0.172. The summed E-state index contributed by atoms with van der Waals surface area (Å²) in [6.07, 6.45) is 3.40. The molecule has 0 radical (unpaired) electrons. The number of carboxylic acid groups (broad SMARTS) is 1. The predicted octanol–water partition coefficient (Wildman–Crippen LogP) is 0.341. The Labute approximate surface area is 77.7 Å². The average molecular weight is 187 g/mol. The van der Waals surface area contributed by atoms with Crippen molar-refractivity contribution in [2.75, 3.05) is 6.54 Å². The van der Waals surface area contributed by atoms with Gasteiger partial charge in [-0.15, -0.1) is 0 Å². The second kappa shape index (κ2) is 4.07. The molecule has 0 aromatic rings. The highest BCUT2D eigenvalue weighted by atomic mass is 16.4. The number of aliphatic carboxylic acids is 1. The Morgan fingerprint density at radius 3 is 2.77 bits per heavy atom. The van der Waals surface area contributed by atoms with Crippen molar-refractivity contribution in [2.45, 2.75) is 37.7 Å². The Balaban J connectivity index is 2.61. The molecule has 4 heteroatoms. The molecular formula is C9H17NO3. The van der Waals surface area contributed by atoms with E-state index in [4.69, 9.17) is 10.8 Å². The summed E-state index contributed by atoms with van der Waals surface area (Å²) in [5, 5.41) is 18.6. The molecule has 1 rings (SSSR count). The molecule has 0 aromatic heterocycles. The van der Waals surface area contributed by atoms with Gasteiger partial charge >= 0.3 is 5.97 Å². The third-order valence-electron chi connectivity index (χ3n) is 2.95. The van der Waals surface area contributed by atoms with Crippen molar-refractivity contribution in [2.24, 2.45) is 11.7 Å². The maximum Gasteiger partial charge on any atom is 0.303 e. The first-order chi connectivity index (χ1) is 6.08. The van der Waals surface area contributed by atoms with Crippen molar-refractivity contribution >= 4 is 5.97 Å². The molecule has 1 fully saturated rings. The fourth-order valence-corrected chi connectivity index (χ4v) is 2.07. The third kappa shape index (κ3) is 2.42. The largest absolute Gasteiger partial charge is 0.481 e. The van der Waals surface area contributed by atoms with Crippen LogP contribution in [-0.2, 0) is 4.79 Å². The molecule has 1 saturated carbocycles. The summed E-state index contributed by atoms with van der Waals surface area (Å²) in [5.41, 5.74) is 4.53. The summed E-state index contributed by atoms with van der Waals surface area (Å²) < 4.78 is 0. The van der Waals surface area contributed by atoms with Gasteiger partial charge in [-0.1, -0.05) is 12.8 Å². The summed E-state index contributed by atoms with van der Waals surface area (Å²) in [5.74, 6) is -1.01. The minimum Gasteiger partial charge on any atom is -0.481 e. The van der Waals surface area contributed by atoms with Gasteiger partial charge in [0.2, 0.25) is 0 Å². The predicted molar refractivity (Wildman–Crippen MR) is 48.2 cm³/mol. The van der Waals surface area contributed by atoms with Crippen molar-refractivity contribution in [3.8, 4) is 0 Å². The highest BCUT2D eigenvalue weighted by Crippen LogP contribution is 2.35. The molecule has 0 spiro atoms. The second-order valence-corrected chi connectivity index (χ2v) is 3.85. The Kier molecular flexibility index (Phi) is 3.27. The molecule has 0 amide bonds. The van der Waals surface area contributed by atoms with Gasteiger partial charge in [0.25, 0.3) is 0 Å². The Bertz CT molecular complexity index is 195. The molecule has 4 nitrogen and oxygen atoms in total. The minimum absolute atomic E-state index is 0.0354. The summed E-state index contributed by atoms with van der Waals surface area (Å²) in [7, 11) is 0. The number of carboxylic acids is 1. The molecule has 0 aromatic carbocycles. The molecule has 0 aliphatic heterocycles. The Morgan fingerprint density at radius 2 is 2.23 bits per heavy atom. The number of hydrogen-bond donors (Lipinski definition) is 3. The Morgan fingerprint density at radius 1 is 1.54 bits per heavy atom. The zero-order valence-electron chi connectivity index (χ0n) is 7.70. The van der Waals surface area contributed by atoms with Gasteiger partial charge in [-0.3, -0.25) is 4.79 Å². The molecule has 1 aliphatic rings. The molecule has 0 heterocycles. The van der Waals surface area contributed by atoms with Crippen LogP contribution in [0.4, 0.5) is 0 Å². The molecule has 13 heavy (non-hydrogen) atoms. The van der Waals surface area contributed by atoms with Gasteiger partial charge in [0.05, 0.1) is 12.0 Å². The molecule has 2 atom stereocenters. The van der Waals surface area contributed by atoms with E-state index in [1.807, 2.05) is 0 Å². The van der Waals surface area contributed by atoms with E-state index in [-0.39, 0.29) is 18.9 Å². The maximum absolute atomic E-state index is 10.5. The quantitative estimate of drug-likeness (QED) is 0.595. The van der Waals surface area contributed by atoms with Crippen molar-refractivity contribution in [1.29, 1.82) is 0 Å². The van der Waals surface area contributed by atoms with Crippen molar-refractivity contribution in [3.05, 3.63) is 0 Å². The van der Waals surface area contributed by atoms with E-state index in [0.29, 0.717) is 6.42 Å². The van der Waals surface area contributed by atoms with Crippen LogP contribution in [0.5, 0.6) is 0 Å². The van der Waals surface area contributed by atoms with Gasteiger partial charge in [-0.25, -0.2) is 0 Å². The van der Waals surface area contributed by atoms with E-state index < -0.39 is 11.6 Å². The number of rotatable bonds is 3. The first kappa shape index (κ1) is 10.5. The van der Waals surface area contributed by atoms with Gasteiger partial charge in [0, 0.05) is 6.54 Å². The molecule has 4 N–H and O–H groups in total. The lowest BCUT2D eigenvalue weighted by atomic mass is 9.74. The molecule has 1 aliphatic carbocycles. The summed E-state index contributed by atoms with van der Waals surface area (Å²) >= 11 is 0. The van der Waals surface area contributed by atoms with Crippen LogP contribution in [0.25, 0.3) is 0 Å². The van der Waals surface area contributed by atoms with E-state index in [2.05, 4.69) is 0 Å². The first-order valence-electron chi connectivity index (χ1n) is 4.73. The van der Waals surface area contributed by atoms with Crippen molar-refractivity contribution in [3.63, 3.8) is 0 Å². The minimum atomic E-state index is -0.934. The van der Waals surface area contributed by atoms with Crippen LogP contribution in [0.3, 0.4) is 0 Å². The monoisotopic (exact) mass is 187 g/mol. The van der Waals surface area contributed by atoms with Gasteiger partial charge in [-0.05, 0) is 18.8 Å². The van der Waals surface area contributed by atoms with E-state index in [1.54, 1.807) is 0 Å². The third-order valence-corrected chi connectivity index (χ3v) is 2.95. The normalized spacial score (nSPS) is 34.5. The molecule has 2 unspecified atom stereocenters. The van der Waals surface area contributed by atoms with Crippen LogP contribution < -0.4 is 5.73 Å². The van der Waals surface area contributed by atoms with E-state index in [9.17, 15) is 9.90 Å². The fourth-order valence-electron chi connectivity index (χ4n) is 2.07. The molecule has 76 valence electrons. The van der Waals surface area contributed by atoms with E-state index >= 15 is 0 Å². The maximum atomic E-state index is 10.5. The molecular weight excluding hydrogens is 170 g/mol. The highest BCUT2D eigenvalue weighted by molar-refractivity contribution is 5.67. The van der Waals surface area contributed by atoms with Crippen LogP contribution in [0, 0.1) is 5.92 Å². The van der Waals surface area contributed by atoms with Crippen molar-refractivity contribution < 1.29 is 15.0 Å². The van der Waals surface area contributed by atoms with E-state index in [0.717, 1.165) is 19.3 Å². The molecule has 0 bridgehead atoms. The second-order valence-electron chi connectivity index (χ2n) is 3.85. The molecule has 0 saturated heterocycles. The zero-order valence-corrected chi connectivity index (χ0v) is 7.70. The van der Waals surface area contributed by atoms with Gasteiger partial charge in [0.1, 0.15) is 0 Å². The van der Waals surface area contributed by atoms with Crippen LogP contribution in [0.1, 0.15) is 32.1 Å². The van der Waals surface area contributed by atoms with E-state index in [1.165, 1.54) is 0 Å². The first-order valence-corrected chi connectivity index (χ1v) is 4.73. The van der Waals surface area contributed by atoms with Gasteiger partial charge < -0.3 is 15.9 Å². The number of aliphatic hydroxyl groups is 1. The lowest BCUT2D eigenvalue weighted by Crippen LogP contribution is -2.47. The highest BCUT2D eigenvalue weighted by Gasteiger charge is 2.38. The topological polar surface area (TPSA) is 83.5 Å². The standard InChI is InChI=1S/C9H17NO3/c10-6-9(13)4-2-1-3-7(9)5-8(11)12/h7,13H,1-6,10H2,(H,11,12). The lowest BCUT2D eigenvalue weighted by molar-refractivity contribution is -0.142. The fraction of sp³-hybridized carbons (Fsp3) is 0.889. The van der Waals surface area contributed by atoms with Crippen LogP contribution in [-0.4, -0.2) is 28.3 Å². The number of carbonyl (C=O) groups is 1. The van der Waals surface area contributed by atoms with Crippen LogP contribution >= 0.6 is 0 Å².